The van der Waals surface area contributed by atoms with Gasteiger partial charge in [-0.05, 0) is 32.2 Å². The van der Waals surface area contributed by atoms with Crippen LogP contribution in [0.4, 0.5) is 13.2 Å². The van der Waals surface area contributed by atoms with Crippen LogP contribution in [0.15, 0.2) is 24.8 Å². The number of allylic oxidation sites excluding steroid dienone is 1. The monoisotopic (exact) mass is 299 g/mol. The van der Waals surface area contributed by atoms with Crippen molar-refractivity contribution in [3.8, 4) is 0 Å². The first-order valence-electron chi connectivity index (χ1n) is 7.58. The summed E-state index contributed by atoms with van der Waals surface area (Å²) in [6, 6.07) is 1.09. The summed E-state index contributed by atoms with van der Waals surface area (Å²) in [5.74, 6) is -2.51. The predicted molar refractivity (Wildman–Crippen MR) is 80.6 cm³/mol. The first-order chi connectivity index (χ1) is 10.1. The molecule has 0 aromatic heterocycles. The third-order valence-electron chi connectivity index (χ3n) is 3.43. The van der Waals surface area contributed by atoms with E-state index in [0.29, 0.717) is 13.0 Å². The zero-order valence-corrected chi connectivity index (χ0v) is 12.6. The maximum atomic E-state index is 13.9. The van der Waals surface area contributed by atoms with Crippen molar-refractivity contribution in [3.05, 3.63) is 47.8 Å². The smallest absolute Gasteiger partial charge is 0.133 e. The Morgan fingerprint density at radius 3 is 2.38 bits per heavy atom. The van der Waals surface area contributed by atoms with Crippen LogP contribution in [0.2, 0.25) is 0 Å². The summed E-state index contributed by atoms with van der Waals surface area (Å²) >= 11 is 0. The largest absolute Gasteiger partial charge is 0.310 e. The Hall–Kier alpha value is -1.29. The normalized spacial score (nSPS) is 12.4. The van der Waals surface area contributed by atoms with Crippen LogP contribution < -0.4 is 5.32 Å². The third kappa shape index (κ3) is 5.92. The van der Waals surface area contributed by atoms with Gasteiger partial charge >= 0.3 is 0 Å². The fourth-order valence-corrected chi connectivity index (χ4v) is 2.37. The summed E-state index contributed by atoms with van der Waals surface area (Å²) in [5, 5.41) is 3.16. The van der Waals surface area contributed by atoms with Crippen LogP contribution in [0.5, 0.6) is 0 Å². The van der Waals surface area contributed by atoms with Gasteiger partial charge in [-0.1, -0.05) is 25.8 Å². The Morgan fingerprint density at radius 2 is 1.81 bits per heavy atom. The van der Waals surface area contributed by atoms with E-state index in [2.05, 4.69) is 11.9 Å². The van der Waals surface area contributed by atoms with Crippen molar-refractivity contribution in [2.45, 2.75) is 51.5 Å². The van der Waals surface area contributed by atoms with Crippen LogP contribution in [0, 0.1) is 17.5 Å². The molecule has 0 aliphatic rings. The van der Waals surface area contributed by atoms with Gasteiger partial charge in [-0.3, -0.25) is 0 Å². The number of unbranched alkanes of at least 4 members (excludes halogenated alkanes) is 3. The fraction of sp³-hybridized carbons (Fsp3) is 0.529. The van der Waals surface area contributed by atoms with Gasteiger partial charge in [-0.25, -0.2) is 13.2 Å². The van der Waals surface area contributed by atoms with E-state index < -0.39 is 23.5 Å². The molecule has 0 spiro atoms. The van der Waals surface area contributed by atoms with Crippen molar-refractivity contribution in [1.82, 2.24) is 5.32 Å². The molecule has 1 nitrogen and oxygen atoms in total. The summed E-state index contributed by atoms with van der Waals surface area (Å²) in [4.78, 5) is 0. The van der Waals surface area contributed by atoms with Gasteiger partial charge < -0.3 is 5.32 Å². The maximum absolute atomic E-state index is 13.9. The highest BCUT2D eigenvalue weighted by atomic mass is 19.1. The number of benzene rings is 1. The lowest BCUT2D eigenvalue weighted by atomic mass is 9.98. The van der Waals surface area contributed by atoms with Crippen LogP contribution >= 0.6 is 0 Å². The molecule has 0 saturated heterocycles. The second kappa shape index (κ2) is 9.61. The Labute approximate surface area is 125 Å². The molecular formula is C17H24F3N. The molecule has 118 valence electrons. The minimum absolute atomic E-state index is 0.0476. The number of nitrogens with one attached hydrogen (secondary N) is 1. The molecule has 0 amide bonds. The maximum Gasteiger partial charge on any atom is 0.133 e. The van der Waals surface area contributed by atoms with Crippen LogP contribution in [0.25, 0.3) is 0 Å². The molecule has 21 heavy (non-hydrogen) atoms. The molecule has 0 bridgehead atoms. The molecule has 0 saturated carbocycles. The summed E-state index contributed by atoms with van der Waals surface area (Å²) in [6.45, 7) is 6.33. The van der Waals surface area contributed by atoms with Crippen molar-refractivity contribution in [3.63, 3.8) is 0 Å². The van der Waals surface area contributed by atoms with E-state index in [-0.39, 0.29) is 5.56 Å². The zero-order valence-electron chi connectivity index (χ0n) is 12.6. The standard InChI is InChI=1S/C17H24F3N/c1-3-5-6-7-8-9-16(21-10-4-2)17-14(19)11-13(18)12-15(17)20/h3,11-12,16,21H,1,4-10H2,2H3. The molecule has 1 aromatic carbocycles. The number of rotatable bonds is 10. The van der Waals surface area contributed by atoms with Crippen molar-refractivity contribution >= 4 is 0 Å². The molecule has 0 heterocycles. The van der Waals surface area contributed by atoms with E-state index in [1.807, 2.05) is 13.0 Å². The first-order valence-corrected chi connectivity index (χ1v) is 7.58. The third-order valence-corrected chi connectivity index (χ3v) is 3.43. The Balaban J connectivity index is 2.74. The molecule has 0 aliphatic carbocycles. The highest BCUT2D eigenvalue weighted by molar-refractivity contribution is 5.24. The quantitative estimate of drug-likeness (QED) is 0.458. The second-order valence-electron chi connectivity index (χ2n) is 5.22. The van der Waals surface area contributed by atoms with Crippen molar-refractivity contribution < 1.29 is 13.2 Å². The highest BCUT2D eigenvalue weighted by Gasteiger charge is 2.20. The molecule has 4 heteroatoms. The molecule has 0 aliphatic heterocycles. The van der Waals surface area contributed by atoms with Crippen molar-refractivity contribution in [2.75, 3.05) is 6.54 Å². The van der Waals surface area contributed by atoms with E-state index in [0.717, 1.165) is 44.2 Å². The van der Waals surface area contributed by atoms with Crippen LogP contribution in [-0.4, -0.2) is 6.54 Å². The number of halogens is 3. The van der Waals surface area contributed by atoms with Gasteiger partial charge in [-0.2, -0.15) is 0 Å². The lowest BCUT2D eigenvalue weighted by Gasteiger charge is -2.20. The average Bonchev–Trinajstić information content (AvgIpc) is 2.42. The minimum atomic E-state index is -0.881. The molecule has 0 fully saturated rings. The van der Waals surface area contributed by atoms with Gasteiger partial charge in [0.05, 0.1) is 0 Å². The fourth-order valence-electron chi connectivity index (χ4n) is 2.37. The highest BCUT2D eigenvalue weighted by Crippen LogP contribution is 2.26. The molecular weight excluding hydrogens is 275 g/mol. The average molecular weight is 299 g/mol. The summed E-state index contributed by atoms with van der Waals surface area (Å²) < 4.78 is 40.8. The molecule has 1 N–H and O–H groups in total. The lowest BCUT2D eigenvalue weighted by molar-refractivity contribution is 0.425. The first kappa shape index (κ1) is 17.8. The Bertz CT molecular complexity index is 423. The molecule has 1 rings (SSSR count). The molecule has 1 aromatic rings. The van der Waals surface area contributed by atoms with E-state index in [4.69, 9.17) is 0 Å². The Kier molecular flexibility index (Phi) is 8.13. The van der Waals surface area contributed by atoms with Gasteiger partial charge in [0.2, 0.25) is 0 Å². The Morgan fingerprint density at radius 1 is 1.14 bits per heavy atom. The van der Waals surface area contributed by atoms with Gasteiger partial charge in [0.15, 0.2) is 0 Å². The van der Waals surface area contributed by atoms with Crippen LogP contribution in [-0.2, 0) is 0 Å². The van der Waals surface area contributed by atoms with E-state index in [9.17, 15) is 13.2 Å². The van der Waals surface area contributed by atoms with Gasteiger partial charge in [0.25, 0.3) is 0 Å². The van der Waals surface area contributed by atoms with Gasteiger partial charge in [0.1, 0.15) is 17.5 Å². The van der Waals surface area contributed by atoms with Gasteiger partial charge in [0, 0.05) is 23.7 Å². The van der Waals surface area contributed by atoms with E-state index in [1.165, 1.54) is 0 Å². The van der Waals surface area contributed by atoms with E-state index in [1.54, 1.807) is 0 Å². The topological polar surface area (TPSA) is 12.0 Å². The number of hydrogen-bond donors (Lipinski definition) is 1. The SMILES string of the molecule is C=CCCCCCC(NCCC)c1c(F)cc(F)cc1F. The molecule has 0 radical (unpaired) electrons. The predicted octanol–water partition coefficient (Wildman–Crippen LogP) is 5.28. The summed E-state index contributed by atoms with van der Waals surface area (Å²) in [6.07, 6.45) is 7.21. The minimum Gasteiger partial charge on any atom is -0.310 e. The van der Waals surface area contributed by atoms with Crippen LogP contribution in [0.1, 0.15) is 57.1 Å². The van der Waals surface area contributed by atoms with Gasteiger partial charge in [-0.15, -0.1) is 6.58 Å². The van der Waals surface area contributed by atoms with Crippen LogP contribution in [0.3, 0.4) is 0 Å². The van der Waals surface area contributed by atoms with Crippen molar-refractivity contribution in [1.29, 1.82) is 0 Å². The molecule has 1 atom stereocenters. The van der Waals surface area contributed by atoms with E-state index >= 15 is 0 Å². The molecule has 1 unspecified atom stereocenters. The summed E-state index contributed by atoms with van der Waals surface area (Å²) in [7, 11) is 0. The van der Waals surface area contributed by atoms with Crippen molar-refractivity contribution in [2.24, 2.45) is 0 Å². The second-order valence-corrected chi connectivity index (χ2v) is 5.22. The zero-order chi connectivity index (χ0) is 15.7. The lowest BCUT2D eigenvalue weighted by Crippen LogP contribution is -2.24. The summed E-state index contributed by atoms with van der Waals surface area (Å²) in [5.41, 5.74) is -0.0476. The number of hydrogen-bond acceptors (Lipinski definition) is 1.